The van der Waals surface area contributed by atoms with Crippen molar-refractivity contribution >= 4 is 18.0 Å². The second-order valence-corrected chi connectivity index (χ2v) is 4.28. The number of benzene rings is 1. The Hall–Kier alpha value is -3.01. The number of carbonyl (C=O) groups is 3. The summed E-state index contributed by atoms with van der Waals surface area (Å²) in [5.41, 5.74) is 0.807. The average Bonchev–Trinajstić information content (AvgIpc) is 2.51. The van der Waals surface area contributed by atoms with Crippen LogP contribution in [-0.4, -0.2) is 35.7 Å². The van der Waals surface area contributed by atoms with Gasteiger partial charge in [0.15, 0.2) is 0 Å². The summed E-state index contributed by atoms with van der Waals surface area (Å²) in [7, 11) is 0. The van der Waals surface area contributed by atoms with E-state index in [1.807, 2.05) is 18.2 Å². The summed E-state index contributed by atoms with van der Waals surface area (Å²) in [6.07, 6.45) is 4.09. The minimum absolute atomic E-state index is 0.0726. The van der Waals surface area contributed by atoms with E-state index < -0.39 is 30.6 Å². The zero-order chi connectivity index (χ0) is 16.4. The molecule has 0 unspecified atom stereocenters. The maximum Gasteiger partial charge on any atom is 0.407 e. The lowest BCUT2D eigenvalue weighted by molar-refractivity contribution is -0.141. The van der Waals surface area contributed by atoms with Gasteiger partial charge >= 0.3 is 12.1 Å². The molecule has 0 saturated carbocycles. The number of carboxylic acids is 1. The molecule has 0 aliphatic heterocycles. The summed E-state index contributed by atoms with van der Waals surface area (Å²) in [6.45, 7) is -0.328. The van der Waals surface area contributed by atoms with Crippen LogP contribution in [0.4, 0.5) is 4.79 Å². The van der Waals surface area contributed by atoms with E-state index in [1.165, 1.54) is 0 Å². The molecule has 0 aliphatic carbocycles. The van der Waals surface area contributed by atoms with E-state index >= 15 is 0 Å². The van der Waals surface area contributed by atoms with Gasteiger partial charge in [-0.05, 0) is 5.56 Å². The molecule has 7 heteroatoms. The van der Waals surface area contributed by atoms with E-state index in [2.05, 4.69) is 16.6 Å². The lowest BCUT2D eigenvalue weighted by Crippen LogP contribution is -2.45. The van der Waals surface area contributed by atoms with Crippen molar-refractivity contribution in [2.24, 2.45) is 0 Å². The van der Waals surface area contributed by atoms with Crippen LogP contribution in [0.25, 0.3) is 0 Å². The quantitative estimate of drug-likeness (QED) is 0.636. The summed E-state index contributed by atoms with van der Waals surface area (Å²) in [6, 6.07) is 7.85. The van der Waals surface area contributed by atoms with E-state index in [9.17, 15) is 14.4 Å². The molecule has 116 valence electrons. The normalized spacial score (nSPS) is 10.9. The van der Waals surface area contributed by atoms with Crippen molar-refractivity contribution < 1.29 is 24.2 Å². The second kappa shape index (κ2) is 9.02. The molecule has 0 heterocycles. The van der Waals surface area contributed by atoms with Crippen LogP contribution < -0.4 is 10.6 Å². The Bertz CT molecular complexity index is 565. The average molecular weight is 304 g/mol. The van der Waals surface area contributed by atoms with Crippen molar-refractivity contribution in [3.8, 4) is 12.3 Å². The predicted octanol–water partition coefficient (Wildman–Crippen LogP) is 0.505. The number of hydrogen-bond acceptors (Lipinski definition) is 4. The Morgan fingerprint density at radius 1 is 1.27 bits per heavy atom. The van der Waals surface area contributed by atoms with Crippen LogP contribution in [0.1, 0.15) is 12.0 Å². The Balaban J connectivity index is 2.30. The first-order chi connectivity index (χ1) is 10.5. The maximum absolute atomic E-state index is 11.5. The maximum atomic E-state index is 11.5. The largest absolute Gasteiger partial charge is 0.480 e. The number of hydrogen-bond donors (Lipinski definition) is 3. The molecule has 1 rings (SSSR count). The summed E-state index contributed by atoms with van der Waals surface area (Å²) < 4.78 is 4.90. The molecule has 3 N–H and O–H groups in total. The fourth-order valence-electron chi connectivity index (χ4n) is 1.49. The lowest BCUT2D eigenvalue weighted by Gasteiger charge is -2.12. The Kier molecular flexibility index (Phi) is 6.99. The Morgan fingerprint density at radius 2 is 1.95 bits per heavy atom. The number of carbonyl (C=O) groups excluding carboxylic acids is 2. The van der Waals surface area contributed by atoms with Gasteiger partial charge in [-0.15, -0.1) is 12.3 Å². The highest BCUT2D eigenvalue weighted by Crippen LogP contribution is 2.00. The number of amides is 2. The topological polar surface area (TPSA) is 105 Å². The van der Waals surface area contributed by atoms with Crippen molar-refractivity contribution in [3.05, 3.63) is 35.9 Å². The van der Waals surface area contributed by atoms with Crippen LogP contribution >= 0.6 is 0 Å². The van der Waals surface area contributed by atoms with Crippen molar-refractivity contribution in [1.82, 2.24) is 10.6 Å². The molecule has 1 aromatic rings. The molecule has 0 spiro atoms. The molecular weight excluding hydrogens is 288 g/mol. The number of nitrogens with one attached hydrogen (secondary N) is 2. The zero-order valence-electron chi connectivity index (χ0n) is 11.7. The monoisotopic (exact) mass is 304 g/mol. The van der Waals surface area contributed by atoms with Crippen molar-refractivity contribution in [3.63, 3.8) is 0 Å². The van der Waals surface area contributed by atoms with Crippen LogP contribution in [0.3, 0.4) is 0 Å². The first-order valence-corrected chi connectivity index (χ1v) is 6.43. The molecule has 2 amide bonds. The van der Waals surface area contributed by atoms with Gasteiger partial charge < -0.3 is 20.5 Å². The first-order valence-electron chi connectivity index (χ1n) is 6.43. The van der Waals surface area contributed by atoms with E-state index in [0.717, 1.165) is 5.56 Å². The van der Waals surface area contributed by atoms with Crippen molar-refractivity contribution in [2.45, 2.75) is 19.1 Å². The van der Waals surface area contributed by atoms with Crippen LogP contribution in [-0.2, 0) is 20.9 Å². The van der Waals surface area contributed by atoms with Crippen LogP contribution in [0.2, 0.25) is 0 Å². The van der Waals surface area contributed by atoms with Gasteiger partial charge in [0.05, 0.1) is 0 Å². The van der Waals surface area contributed by atoms with Gasteiger partial charge in [0.1, 0.15) is 19.2 Å². The molecule has 22 heavy (non-hydrogen) atoms. The molecule has 0 aliphatic rings. The van der Waals surface area contributed by atoms with Crippen molar-refractivity contribution in [2.75, 3.05) is 6.54 Å². The number of rotatable bonds is 7. The highest BCUT2D eigenvalue weighted by molar-refractivity contribution is 5.86. The van der Waals surface area contributed by atoms with Gasteiger partial charge in [-0.2, -0.15) is 0 Å². The fraction of sp³-hybridized carbons (Fsp3) is 0.267. The minimum atomic E-state index is -1.24. The van der Waals surface area contributed by atoms with Gasteiger partial charge in [-0.25, -0.2) is 9.59 Å². The van der Waals surface area contributed by atoms with Gasteiger partial charge in [-0.1, -0.05) is 30.3 Å². The molecular formula is C15H16N2O5. The fourth-order valence-corrected chi connectivity index (χ4v) is 1.49. The Labute approximate surface area is 127 Å². The third kappa shape index (κ3) is 6.43. The number of ether oxygens (including phenoxy) is 1. The van der Waals surface area contributed by atoms with Crippen LogP contribution in [0, 0.1) is 12.3 Å². The van der Waals surface area contributed by atoms with Gasteiger partial charge in [0.25, 0.3) is 0 Å². The SMILES string of the molecule is C#CC[C@@H](NC(=O)CNC(=O)OCc1ccccc1)C(=O)O. The molecule has 0 aromatic heterocycles. The van der Waals surface area contributed by atoms with E-state index in [4.69, 9.17) is 16.3 Å². The molecule has 0 fully saturated rings. The summed E-state index contributed by atoms with van der Waals surface area (Å²) in [5, 5.41) is 13.2. The smallest absolute Gasteiger partial charge is 0.407 e. The second-order valence-electron chi connectivity index (χ2n) is 4.28. The standard InChI is InChI=1S/C15H16N2O5/c1-2-6-12(14(19)20)17-13(18)9-16-15(21)22-10-11-7-4-3-5-8-11/h1,3-5,7-8,12H,6,9-10H2,(H,16,21)(H,17,18)(H,19,20)/t12-/m1/s1. The molecule has 0 radical (unpaired) electrons. The predicted molar refractivity (Wildman–Crippen MR) is 77.6 cm³/mol. The molecule has 1 aromatic carbocycles. The first kappa shape index (κ1) is 17.0. The molecule has 0 saturated heterocycles. The zero-order valence-corrected chi connectivity index (χ0v) is 11.7. The van der Waals surface area contributed by atoms with E-state index in [0.29, 0.717) is 0 Å². The number of carboxylic acid groups (broad SMARTS) is 1. The number of alkyl carbamates (subject to hydrolysis) is 1. The summed E-state index contributed by atoms with van der Waals surface area (Å²) in [5.74, 6) is 0.245. The highest BCUT2D eigenvalue weighted by Gasteiger charge is 2.18. The number of terminal acetylenes is 1. The lowest BCUT2D eigenvalue weighted by atomic mass is 10.2. The van der Waals surface area contributed by atoms with Gasteiger partial charge in [0.2, 0.25) is 5.91 Å². The van der Waals surface area contributed by atoms with Gasteiger partial charge in [-0.3, -0.25) is 4.79 Å². The Morgan fingerprint density at radius 3 is 2.55 bits per heavy atom. The third-order valence-corrected chi connectivity index (χ3v) is 2.56. The summed E-state index contributed by atoms with van der Waals surface area (Å²) in [4.78, 5) is 33.7. The molecule has 0 bridgehead atoms. The minimum Gasteiger partial charge on any atom is -0.480 e. The van der Waals surface area contributed by atoms with Crippen LogP contribution in [0.5, 0.6) is 0 Å². The van der Waals surface area contributed by atoms with E-state index in [-0.39, 0.29) is 13.0 Å². The molecule has 7 nitrogen and oxygen atoms in total. The highest BCUT2D eigenvalue weighted by atomic mass is 16.5. The van der Waals surface area contributed by atoms with Crippen molar-refractivity contribution in [1.29, 1.82) is 0 Å². The van der Waals surface area contributed by atoms with E-state index in [1.54, 1.807) is 12.1 Å². The van der Waals surface area contributed by atoms with Gasteiger partial charge in [0, 0.05) is 6.42 Å². The third-order valence-electron chi connectivity index (χ3n) is 2.56. The molecule has 1 atom stereocenters. The number of aliphatic carboxylic acids is 1. The summed E-state index contributed by atoms with van der Waals surface area (Å²) >= 11 is 0. The van der Waals surface area contributed by atoms with Crippen LogP contribution in [0.15, 0.2) is 30.3 Å².